The minimum Gasteiger partial charge on any atom is -0.259 e. The zero-order valence-electron chi connectivity index (χ0n) is 7.03. The van der Waals surface area contributed by atoms with Crippen molar-refractivity contribution in [2.45, 2.75) is 25.7 Å². The van der Waals surface area contributed by atoms with Gasteiger partial charge in [0.25, 0.3) is 0 Å². The summed E-state index contributed by atoms with van der Waals surface area (Å²) >= 11 is 0. The van der Waals surface area contributed by atoms with Gasteiger partial charge in [0.05, 0.1) is 10.8 Å². The molecule has 0 aromatic heterocycles. The molecule has 0 radical (unpaired) electrons. The Kier molecular flexibility index (Phi) is 3.02. The fraction of sp³-hybridized carbons (Fsp3) is 0.556. The van der Waals surface area contributed by atoms with Crippen LogP contribution < -0.4 is 0 Å². The lowest BCUT2D eigenvalue weighted by Gasteiger charge is -2.05. The fourth-order valence-corrected chi connectivity index (χ4v) is 1.58. The van der Waals surface area contributed by atoms with Gasteiger partial charge in [0.1, 0.15) is 0 Å². The van der Waals surface area contributed by atoms with Gasteiger partial charge in [-0.05, 0) is 31.8 Å². The molecule has 0 heterocycles. The van der Waals surface area contributed by atoms with E-state index in [0.29, 0.717) is 5.70 Å². The van der Waals surface area contributed by atoms with E-state index in [1.54, 1.807) is 6.08 Å². The van der Waals surface area contributed by atoms with Gasteiger partial charge in [-0.15, -0.1) is 6.58 Å². The first-order valence-corrected chi connectivity index (χ1v) is 4.21. The fourth-order valence-electron chi connectivity index (χ4n) is 1.58. The molecule has 3 nitrogen and oxygen atoms in total. The Bertz CT molecular complexity index is 221. The van der Waals surface area contributed by atoms with E-state index in [4.69, 9.17) is 0 Å². The predicted molar refractivity (Wildman–Crippen MR) is 47.2 cm³/mol. The lowest BCUT2D eigenvalue weighted by molar-refractivity contribution is -0.432. The second kappa shape index (κ2) is 4.04. The maximum Gasteiger partial charge on any atom is 0.245 e. The van der Waals surface area contributed by atoms with Gasteiger partial charge in [-0.2, -0.15) is 0 Å². The molecule has 3 heteroatoms. The maximum atomic E-state index is 10.5. The topological polar surface area (TPSA) is 43.1 Å². The van der Waals surface area contributed by atoms with Crippen LogP contribution in [0.5, 0.6) is 0 Å². The van der Waals surface area contributed by atoms with Crippen LogP contribution in [-0.2, 0) is 0 Å². The van der Waals surface area contributed by atoms with Crippen molar-refractivity contribution in [3.63, 3.8) is 0 Å². The van der Waals surface area contributed by atoms with Crippen LogP contribution in [0.25, 0.3) is 0 Å². The monoisotopic (exact) mass is 167 g/mol. The van der Waals surface area contributed by atoms with Crippen molar-refractivity contribution in [2.24, 2.45) is 5.92 Å². The van der Waals surface area contributed by atoms with Gasteiger partial charge in [0, 0.05) is 0 Å². The average Bonchev–Trinajstić information content (AvgIpc) is 2.48. The molecule has 66 valence electrons. The molecule has 1 rings (SSSR count). The Labute approximate surface area is 71.9 Å². The van der Waals surface area contributed by atoms with Crippen molar-refractivity contribution in [1.82, 2.24) is 0 Å². The molecule has 0 aliphatic heterocycles. The third-order valence-electron chi connectivity index (χ3n) is 2.22. The molecule has 0 fully saturated rings. The Morgan fingerprint density at radius 3 is 3.17 bits per heavy atom. The summed E-state index contributed by atoms with van der Waals surface area (Å²) < 4.78 is 0. The lowest BCUT2D eigenvalue weighted by atomic mass is 10.0. The standard InChI is InChI=1S/C9H13NO2/c1-2-3-5-8-6-4-7-9(8)10(11)12/h2,7-8H,1,3-6H2. The highest BCUT2D eigenvalue weighted by Gasteiger charge is 2.27. The van der Waals surface area contributed by atoms with Crippen LogP contribution in [0.15, 0.2) is 24.4 Å². The van der Waals surface area contributed by atoms with Crippen LogP contribution in [0, 0.1) is 16.0 Å². The van der Waals surface area contributed by atoms with E-state index in [1.165, 1.54) is 0 Å². The molecule has 12 heavy (non-hydrogen) atoms. The van der Waals surface area contributed by atoms with Gasteiger partial charge >= 0.3 is 0 Å². The maximum absolute atomic E-state index is 10.5. The van der Waals surface area contributed by atoms with E-state index in [1.807, 2.05) is 6.08 Å². The summed E-state index contributed by atoms with van der Waals surface area (Å²) in [6.45, 7) is 3.60. The molecule has 0 saturated carbocycles. The largest absolute Gasteiger partial charge is 0.259 e. The van der Waals surface area contributed by atoms with E-state index in [0.717, 1.165) is 25.7 Å². The highest BCUT2D eigenvalue weighted by atomic mass is 16.6. The number of nitrogens with zero attached hydrogens (tertiary/aromatic N) is 1. The SMILES string of the molecule is C=CCCC1CCC=C1[N+](=O)[O-]. The normalized spacial score (nSPS) is 22.0. The summed E-state index contributed by atoms with van der Waals surface area (Å²) in [5.74, 6) is 0.165. The van der Waals surface area contributed by atoms with Crippen LogP contribution >= 0.6 is 0 Å². The minimum absolute atomic E-state index is 0.165. The lowest BCUT2D eigenvalue weighted by Crippen LogP contribution is -2.07. The van der Waals surface area contributed by atoms with Crippen molar-refractivity contribution in [3.8, 4) is 0 Å². The third kappa shape index (κ3) is 1.94. The van der Waals surface area contributed by atoms with Gasteiger partial charge in [0.2, 0.25) is 5.70 Å². The zero-order valence-corrected chi connectivity index (χ0v) is 7.03. The average molecular weight is 167 g/mol. The quantitative estimate of drug-likeness (QED) is 0.367. The Balaban J connectivity index is 2.49. The van der Waals surface area contributed by atoms with Crippen molar-refractivity contribution >= 4 is 0 Å². The van der Waals surface area contributed by atoms with Crippen molar-refractivity contribution in [1.29, 1.82) is 0 Å². The van der Waals surface area contributed by atoms with Crippen LogP contribution in [0.1, 0.15) is 25.7 Å². The van der Waals surface area contributed by atoms with Gasteiger partial charge in [-0.3, -0.25) is 10.1 Å². The molecule has 1 aliphatic rings. The highest BCUT2D eigenvalue weighted by molar-refractivity contribution is 5.04. The Hall–Kier alpha value is -1.12. The van der Waals surface area contributed by atoms with Crippen molar-refractivity contribution in [2.75, 3.05) is 0 Å². The smallest absolute Gasteiger partial charge is 0.245 e. The van der Waals surface area contributed by atoms with Crippen LogP contribution in [0.4, 0.5) is 0 Å². The highest BCUT2D eigenvalue weighted by Crippen LogP contribution is 2.29. The second-order valence-electron chi connectivity index (χ2n) is 3.03. The summed E-state index contributed by atoms with van der Waals surface area (Å²) in [4.78, 5) is 10.2. The van der Waals surface area contributed by atoms with Gasteiger partial charge in [-0.25, -0.2) is 0 Å². The zero-order chi connectivity index (χ0) is 8.97. The van der Waals surface area contributed by atoms with Gasteiger partial charge in [0.15, 0.2) is 0 Å². The Morgan fingerprint density at radius 1 is 1.83 bits per heavy atom. The van der Waals surface area contributed by atoms with Gasteiger partial charge in [-0.1, -0.05) is 6.08 Å². The number of nitro groups is 1. The number of rotatable bonds is 4. The van der Waals surface area contributed by atoms with Gasteiger partial charge < -0.3 is 0 Å². The summed E-state index contributed by atoms with van der Waals surface area (Å²) in [7, 11) is 0. The number of allylic oxidation sites excluding steroid dienone is 3. The molecule has 0 amide bonds. The third-order valence-corrected chi connectivity index (χ3v) is 2.22. The second-order valence-corrected chi connectivity index (χ2v) is 3.03. The van der Waals surface area contributed by atoms with Crippen LogP contribution in [-0.4, -0.2) is 4.92 Å². The van der Waals surface area contributed by atoms with Crippen molar-refractivity contribution in [3.05, 3.63) is 34.5 Å². The molecule has 0 aromatic rings. The van der Waals surface area contributed by atoms with E-state index >= 15 is 0 Å². The first kappa shape index (κ1) is 8.97. The molecule has 0 N–H and O–H groups in total. The number of hydrogen-bond acceptors (Lipinski definition) is 2. The molecule has 0 bridgehead atoms. The minimum atomic E-state index is -0.249. The summed E-state index contributed by atoms with van der Waals surface area (Å²) in [6.07, 6.45) is 7.10. The van der Waals surface area contributed by atoms with Crippen LogP contribution in [0.2, 0.25) is 0 Å². The molecule has 1 aliphatic carbocycles. The summed E-state index contributed by atoms with van der Waals surface area (Å²) in [6, 6.07) is 0. The molecule has 1 atom stereocenters. The summed E-state index contributed by atoms with van der Waals surface area (Å²) in [5.41, 5.74) is 0.414. The summed E-state index contributed by atoms with van der Waals surface area (Å²) in [5, 5.41) is 10.5. The number of hydrogen-bond donors (Lipinski definition) is 0. The Morgan fingerprint density at radius 2 is 2.58 bits per heavy atom. The molecule has 1 unspecified atom stereocenters. The van der Waals surface area contributed by atoms with E-state index in [2.05, 4.69) is 6.58 Å². The molecule has 0 saturated heterocycles. The molecular formula is C9H13NO2. The van der Waals surface area contributed by atoms with E-state index < -0.39 is 0 Å². The molecule has 0 spiro atoms. The van der Waals surface area contributed by atoms with E-state index in [-0.39, 0.29) is 10.8 Å². The first-order valence-electron chi connectivity index (χ1n) is 4.21. The van der Waals surface area contributed by atoms with E-state index in [9.17, 15) is 10.1 Å². The van der Waals surface area contributed by atoms with Crippen molar-refractivity contribution < 1.29 is 4.92 Å². The van der Waals surface area contributed by atoms with Crippen LogP contribution in [0.3, 0.4) is 0 Å². The molecular weight excluding hydrogens is 154 g/mol. The predicted octanol–water partition coefficient (Wildman–Crippen LogP) is 2.52. The molecule has 0 aromatic carbocycles. The first-order chi connectivity index (χ1) is 5.75.